The molecule has 2 amide bonds. The van der Waals surface area contributed by atoms with Crippen molar-refractivity contribution in [3.05, 3.63) is 99.4 Å². The minimum absolute atomic E-state index is 0.197. The van der Waals surface area contributed by atoms with Crippen LogP contribution in [-0.4, -0.2) is 16.8 Å². The molecule has 2 aromatic heterocycles. The lowest BCUT2D eigenvalue weighted by Crippen LogP contribution is -2.15. The maximum Gasteiger partial charge on any atom is 0.291 e. The molecule has 0 fully saturated rings. The number of carbonyl (C=O) groups excluding carboxylic acids is 2. The molecule has 4 rings (SSSR count). The number of carbonyl (C=O) groups is 2. The predicted molar refractivity (Wildman–Crippen MR) is 122 cm³/mol. The number of nitrogens with one attached hydrogen (secondary N) is 2. The molecule has 0 aliphatic rings. The third kappa shape index (κ3) is 5.02. The molecular formula is C23H18ClN3O3S. The molecule has 0 aliphatic heterocycles. The fourth-order valence-corrected chi connectivity index (χ4v) is 3.97. The van der Waals surface area contributed by atoms with Crippen molar-refractivity contribution >= 4 is 45.6 Å². The average Bonchev–Trinajstić information content (AvgIpc) is 3.44. The Morgan fingerprint density at radius 3 is 2.68 bits per heavy atom. The van der Waals surface area contributed by atoms with Crippen molar-refractivity contribution in [2.24, 2.45) is 0 Å². The van der Waals surface area contributed by atoms with Crippen LogP contribution in [0, 0.1) is 6.92 Å². The van der Waals surface area contributed by atoms with E-state index in [2.05, 4.69) is 15.6 Å². The van der Waals surface area contributed by atoms with Crippen LogP contribution in [0.25, 0.3) is 0 Å². The number of aromatic nitrogens is 1. The van der Waals surface area contributed by atoms with E-state index >= 15 is 0 Å². The third-order valence-corrected chi connectivity index (χ3v) is 5.87. The lowest BCUT2D eigenvalue weighted by molar-refractivity contribution is 0.0993. The average molecular weight is 452 g/mol. The number of anilines is 2. The van der Waals surface area contributed by atoms with Gasteiger partial charge in [-0.2, -0.15) is 0 Å². The zero-order valence-corrected chi connectivity index (χ0v) is 18.1. The van der Waals surface area contributed by atoms with Crippen molar-refractivity contribution in [1.82, 2.24) is 4.98 Å². The summed E-state index contributed by atoms with van der Waals surface area (Å²) in [5.74, 6) is -0.495. The molecule has 2 heterocycles. The first-order valence-corrected chi connectivity index (χ1v) is 10.6. The van der Waals surface area contributed by atoms with Gasteiger partial charge in [0.05, 0.1) is 6.26 Å². The summed E-state index contributed by atoms with van der Waals surface area (Å²) in [6.45, 7) is 1.85. The highest BCUT2D eigenvalue weighted by Crippen LogP contribution is 2.25. The number of furan rings is 1. The van der Waals surface area contributed by atoms with Gasteiger partial charge < -0.3 is 9.73 Å². The molecule has 4 aromatic rings. The zero-order valence-electron chi connectivity index (χ0n) is 16.5. The maximum absolute atomic E-state index is 12.7. The smallest absolute Gasteiger partial charge is 0.291 e. The number of thiazole rings is 1. The molecule has 156 valence electrons. The molecular weight excluding hydrogens is 434 g/mol. The summed E-state index contributed by atoms with van der Waals surface area (Å²) >= 11 is 7.61. The van der Waals surface area contributed by atoms with E-state index in [9.17, 15) is 9.59 Å². The van der Waals surface area contributed by atoms with Gasteiger partial charge in [0.25, 0.3) is 11.8 Å². The van der Waals surface area contributed by atoms with Crippen LogP contribution >= 0.6 is 22.9 Å². The molecule has 0 unspecified atom stereocenters. The molecule has 0 aliphatic carbocycles. The summed E-state index contributed by atoms with van der Waals surface area (Å²) in [6.07, 6.45) is 3.80. The predicted octanol–water partition coefficient (Wildman–Crippen LogP) is 5.79. The Morgan fingerprint density at radius 1 is 1.06 bits per heavy atom. The van der Waals surface area contributed by atoms with Crippen molar-refractivity contribution in [2.45, 2.75) is 13.3 Å². The van der Waals surface area contributed by atoms with Crippen LogP contribution < -0.4 is 10.6 Å². The fourth-order valence-electron chi connectivity index (χ4n) is 2.94. The van der Waals surface area contributed by atoms with Crippen LogP contribution in [0.3, 0.4) is 0 Å². The van der Waals surface area contributed by atoms with Crippen molar-refractivity contribution in [3.63, 3.8) is 0 Å². The van der Waals surface area contributed by atoms with E-state index in [4.69, 9.17) is 16.0 Å². The molecule has 8 heteroatoms. The normalized spacial score (nSPS) is 10.6. The Morgan fingerprint density at radius 2 is 1.90 bits per heavy atom. The Labute approximate surface area is 187 Å². The number of aryl methyl sites for hydroxylation is 1. The monoisotopic (exact) mass is 451 g/mol. The van der Waals surface area contributed by atoms with Gasteiger partial charge in [0.15, 0.2) is 10.9 Å². The van der Waals surface area contributed by atoms with Crippen molar-refractivity contribution < 1.29 is 14.0 Å². The minimum Gasteiger partial charge on any atom is -0.459 e. The highest BCUT2D eigenvalue weighted by atomic mass is 35.5. The van der Waals surface area contributed by atoms with E-state index in [0.29, 0.717) is 27.8 Å². The van der Waals surface area contributed by atoms with Gasteiger partial charge >= 0.3 is 0 Å². The molecule has 31 heavy (non-hydrogen) atoms. The van der Waals surface area contributed by atoms with Gasteiger partial charge in [-0.1, -0.05) is 35.9 Å². The van der Waals surface area contributed by atoms with Gasteiger partial charge in [0, 0.05) is 33.8 Å². The number of amides is 2. The second-order valence-corrected chi connectivity index (χ2v) is 8.34. The summed E-state index contributed by atoms with van der Waals surface area (Å²) in [7, 11) is 0. The molecule has 0 spiro atoms. The van der Waals surface area contributed by atoms with Crippen LogP contribution in [-0.2, 0) is 6.42 Å². The molecule has 2 N–H and O–H groups in total. The van der Waals surface area contributed by atoms with Gasteiger partial charge in [0.2, 0.25) is 0 Å². The van der Waals surface area contributed by atoms with Gasteiger partial charge in [-0.3, -0.25) is 14.9 Å². The SMILES string of the molecule is Cc1ccc(C(=O)Nc2ncc(Cc3ccccc3Cl)s2)cc1NC(=O)c1ccco1. The van der Waals surface area contributed by atoms with Gasteiger partial charge in [0.1, 0.15) is 0 Å². The topological polar surface area (TPSA) is 84.2 Å². The van der Waals surface area contributed by atoms with E-state index in [1.807, 2.05) is 31.2 Å². The number of benzene rings is 2. The molecule has 0 saturated carbocycles. The summed E-state index contributed by atoms with van der Waals surface area (Å²) in [5.41, 5.74) is 2.77. The summed E-state index contributed by atoms with van der Waals surface area (Å²) in [6, 6.07) is 15.9. The van der Waals surface area contributed by atoms with Gasteiger partial charge in [-0.05, 0) is 48.4 Å². The fraction of sp³-hybridized carbons (Fsp3) is 0.0870. The molecule has 2 aromatic carbocycles. The highest BCUT2D eigenvalue weighted by molar-refractivity contribution is 7.15. The summed E-state index contributed by atoms with van der Waals surface area (Å²) in [4.78, 5) is 30.2. The maximum atomic E-state index is 12.7. The second-order valence-electron chi connectivity index (χ2n) is 6.82. The van der Waals surface area contributed by atoms with Crippen LogP contribution in [0.15, 0.2) is 71.5 Å². The van der Waals surface area contributed by atoms with E-state index in [-0.39, 0.29) is 17.6 Å². The third-order valence-electron chi connectivity index (χ3n) is 4.59. The zero-order chi connectivity index (χ0) is 21.8. The first-order chi connectivity index (χ1) is 15.0. The first-order valence-electron chi connectivity index (χ1n) is 9.44. The molecule has 6 nitrogen and oxygen atoms in total. The lowest BCUT2D eigenvalue weighted by atomic mass is 10.1. The largest absolute Gasteiger partial charge is 0.459 e. The Hall–Kier alpha value is -3.42. The number of hydrogen-bond acceptors (Lipinski definition) is 5. The van der Waals surface area contributed by atoms with Crippen molar-refractivity contribution in [1.29, 1.82) is 0 Å². The van der Waals surface area contributed by atoms with Crippen LogP contribution in [0.5, 0.6) is 0 Å². The van der Waals surface area contributed by atoms with E-state index in [1.165, 1.54) is 17.6 Å². The van der Waals surface area contributed by atoms with Crippen molar-refractivity contribution in [3.8, 4) is 0 Å². The van der Waals surface area contributed by atoms with E-state index in [1.54, 1.807) is 36.5 Å². The second kappa shape index (κ2) is 9.16. The first kappa shape index (κ1) is 20.8. The Bertz CT molecular complexity index is 1230. The van der Waals surface area contributed by atoms with Crippen molar-refractivity contribution in [2.75, 3.05) is 10.6 Å². The van der Waals surface area contributed by atoms with E-state index < -0.39 is 0 Å². The number of rotatable bonds is 6. The minimum atomic E-state index is -0.380. The van der Waals surface area contributed by atoms with Crippen LogP contribution in [0.1, 0.15) is 36.9 Å². The number of halogens is 1. The molecule has 0 radical (unpaired) electrons. The van der Waals surface area contributed by atoms with Crippen LogP contribution in [0.2, 0.25) is 5.02 Å². The number of nitrogens with zero attached hydrogens (tertiary/aromatic N) is 1. The highest BCUT2D eigenvalue weighted by Gasteiger charge is 2.14. The van der Waals surface area contributed by atoms with Gasteiger partial charge in [-0.25, -0.2) is 4.98 Å². The lowest BCUT2D eigenvalue weighted by Gasteiger charge is -2.09. The molecule has 0 bridgehead atoms. The van der Waals surface area contributed by atoms with Gasteiger partial charge in [-0.15, -0.1) is 11.3 Å². The number of hydrogen-bond donors (Lipinski definition) is 2. The standard InChI is InChI=1S/C23H18ClN3O3S/c1-14-8-9-16(12-19(14)26-22(29)20-7-4-10-30-20)21(28)27-23-25-13-17(31-23)11-15-5-2-3-6-18(15)24/h2-10,12-13H,11H2,1H3,(H,26,29)(H,25,27,28). The molecule has 0 saturated heterocycles. The Kier molecular flexibility index (Phi) is 6.16. The summed E-state index contributed by atoms with van der Waals surface area (Å²) < 4.78 is 5.11. The summed E-state index contributed by atoms with van der Waals surface area (Å²) in [5, 5.41) is 6.77. The quantitative estimate of drug-likeness (QED) is 0.388. The van der Waals surface area contributed by atoms with E-state index in [0.717, 1.165) is 16.0 Å². The Balaban J connectivity index is 1.45. The molecule has 0 atom stereocenters. The van der Waals surface area contributed by atoms with Crippen LogP contribution in [0.4, 0.5) is 10.8 Å².